The molecule has 5 nitrogen and oxygen atoms in total. The van der Waals surface area contributed by atoms with Gasteiger partial charge in [-0.05, 0) is 69.5 Å². The third-order valence-electron chi connectivity index (χ3n) is 7.26. The Balaban J connectivity index is 1.17. The van der Waals surface area contributed by atoms with Crippen LogP contribution in [0.25, 0.3) is 0 Å². The number of nitrogens with zero attached hydrogens (tertiary/aromatic N) is 2. The highest BCUT2D eigenvalue weighted by molar-refractivity contribution is 5.93. The number of ether oxygens (including phenoxy) is 1. The number of benzene rings is 1. The van der Waals surface area contributed by atoms with E-state index in [1.165, 1.54) is 12.1 Å². The molecule has 1 aliphatic carbocycles. The van der Waals surface area contributed by atoms with Gasteiger partial charge in [0.1, 0.15) is 0 Å². The van der Waals surface area contributed by atoms with Crippen molar-refractivity contribution < 1.29 is 27.1 Å². The van der Waals surface area contributed by atoms with Crippen molar-refractivity contribution in [2.45, 2.75) is 57.2 Å². The molecular formula is C25H33F4N3O2. The molecule has 34 heavy (non-hydrogen) atoms. The van der Waals surface area contributed by atoms with E-state index in [1.807, 2.05) is 0 Å². The van der Waals surface area contributed by atoms with Gasteiger partial charge < -0.3 is 15.0 Å². The average Bonchev–Trinajstić information content (AvgIpc) is 2.84. The third-order valence-corrected chi connectivity index (χ3v) is 7.26. The zero-order valence-corrected chi connectivity index (χ0v) is 19.4. The summed E-state index contributed by atoms with van der Waals surface area (Å²) in [5.74, 6) is -0.567. The molecule has 4 rings (SSSR count). The first kappa shape index (κ1) is 24.8. The van der Waals surface area contributed by atoms with Crippen molar-refractivity contribution in [3.05, 3.63) is 41.4 Å². The molecule has 1 saturated heterocycles. The zero-order valence-electron chi connectivity index (χ0n) is 19.4. The minimum Gasteiger partial charge on any atom is -0.501 e. The summed E-state index contributed by atoms with van der Waals surface area (Å²) in [5.41, 5.74) is -0.439. The van der Waals surface area contributed by atoms with Crippen molar-refractivity contribution in [3.8, 4) is 0 Å². The lowest BCUT2D eigenvalue weighted by Crippen LogP contribution is -2.47. The fourth-order valence-corrected chi connectivity index (χ4v) is 5.17. The normalized spacial score (nSPS) is 24.4. The van der Waals surface area contributed by atoms with E-state index in [2.05, 4.69) is 10.2 Å². The monoisotopic (exact) mass is 483 g/mol. The summed E-state index contributed by atoms with van der Waals surface area (Å²) in [7, 11) is 0. The van der Waals surface area contributed by atoms with Gasteiger partial charge >= 0.3 is 6.18 Å². The van der Waals surface area contributed by atoms with Gasteiger partial charge in [-0.1, -0.05) is 6.07 Å². The Hall–Kier alpha value is -2.29. The van der Waals surface area contributed by atoms with Crippen LogP contribution in [-0.4, -0.2) is 56.2 Å². The number of alkyl halides is 3. The molecule has 1 amide bonds. The van der Waals surface area contributed by atoms with Gasteiger partial charge in [0, 0.05) is 32.2 Å². The van der Waals surface area contributed by atoms with Crippen LogP contribution in [0, 0.1) is 11.7 Å². The number of rotatable bonds is 6. The van der Waals surface area contributed by atoms with Crippen molar-refractivity contribution in [2.75, 3.05) is 44.2 Å². The van der Waals surface area contributed by atoms with Crippen LogP contribution < -0.4 is 10.2 Å². The molecule has 0 aromatic heterocycles. The smallest absolute Gasteiger partial charge is 0.419 e. The van der Waals surface area contributed by atoms with E-state index in [-0.39, 0.29) is 17.6 Å². The van der Waals surface area contributed by atoms with Gasteiger partial charge in [-0.15, -0.1) is 0 Å². The number of nitrogens with one attached hydrogen (secondary N) is 1. The topological polar surface area (TPSA) is 44.8 Å². The molecule has 1 saturated carbocycles. The second kappa shape index (κ2) is 11.0. The number of piperazine rings is 1. The summed E-state index contributed by atoms with van der Waals surface area (Å²) in [6.07, 6.45) is 3.74. The number of amides is 1. The van der Waals surface area contributed by atoms with Crippen LogP contribution in [0.2, 0.25) is 0 Å². The molecule has 2 heterocycles. The Morgan fingerprint density at radius 2 is 1.82 bits per heavy atom. The van der Waals surface area contributed by atoms with Gasteiger partial charge in [-0.3, -0.25) is 9.69 Å². The van der Waals surface area contributed by atoms with E-state index in [0.717, 1.165) is 63.1 Å². The Kier molecular flexibility index (Phi) is 8.01. The highest BCUT2D eigenvalue weighted by Crippen LogP contribution is 2.35. The van der Waals surface area contributed by atoms with Crippen molar-refractivity contribution in [1.82, 2.24) is 10.2 Å². The van der Waals surface area contributed by atoms with Crippen LogP contribution in [0.4, 0.5) is 23.2 Å². The van der Waals surface area contributed by atoms with E-state index in [9.17, 15) is 22.4 Å². The number of anilines is 1. The Bertz CT molecular complexity index is 873. The maximum Gasteiger partial charge on any atom is 0.419 e. The molecule has 0 bridgehead atoms. The molecule has 2 aliphatic heterocycles. The predicted octanol–water partition coefficient (Wildman–Crippen LogP) is 4.73. The van der Waals surface area contributed by atoms with Gasteiger partial charge in [0.2, 0.25) is 0 Å². The average molecular weight is 484 g/mol. The fourth-order valence-electron chi connectivity index (χ4n) is 5.17. The van der Waals surface area contributed by atoms with Crippen LogP contribution in [0.15, 0.2) is 30.0 Å². The maximum absolute atomic E-state index is 14.4. The van der Waals surface area contributed by atoms with E-state index in [4.69, 9.17) is 4.74 Å². The first-order chi connectivity index (χ1) is 16.3. The molecule has 9 heteroatoms. The lowest BCUT2D eigenvalue weighted by Gasteiger charge is -2.37. The molecule has 1 N–H and O–H groups in total. The van der Waals surface area contributed by atoms with E-state index >= 15 is 0 Å². The second-order valence-corrected chi connectivity index (χ2v) is 9.56. The summed E-state index contributed by atoms with van der Waals surface area (Å²) in [4.78, 5) is 16.4. The van der Waals surface area contributed by atoms with Crippen LogP contribution in [0.5, 0.6) is 0 Å². The largest absolute Gasteiger partial charge is 0.501 e. The quantitative estimate of drug-likeness (QED) is 0.595. The van der Waals surface area contributed by atoms with Gasteiger partial charge in [-0.2, -0.15) is 13.2 Å². The number of hydrogen-bond acceptors (Lipinski definition) is 4. The first-order valence-electron chi connectivity index (χ1n) is 12.3. The zero-order chi connectivity index (χ0) is 24.1. The molecule has 0 spiro atoms. The van der Waals surface area contributed by atoms with Gasteiger partial charge in [0.25, 0.3) is 5.91 Å². The molecule has 0 unspecified atom stereocenters. The lowest BCUT2D eigenvalue weighted by molar-refractivity contribution is -0.139. The van der Waals surface area contributed by atoms with E-state index in [0.29, 0.717) is 38.7 Å². The van der Waals surface area contributed by atoms with Crippen molar-refractivity contribution >= 4 is 11.6 Å². The van der Waals surface area contributed by atoms with Crippen LogP contribution >= 0.6 is 0 Å². The second-order valence-electron chi connectivity index (χ2n) is 9.56. The highest BCUT2D eigenvalue weighted by atomic mass is 19.4. The summed E-state index contributed by atoms with van der Waals surface area (Å²) < 4.78 is 58.7. The molecule has 1 aromatic rings. The van der Waals surface area contributed by atoms with Crippen molar-refractivity contribution in [2.24, 2.45) is 5.92 Å². The number of carbonyl (C=O) groups is 1. The number of carbonyl (C=O) groups excluding carboxylic acids is 1. The minimum absolute atomic E-state index is 0.00164. The predicted molar refractivity (Wildman–Crippen MR) is 122 cm³/mol. The SMILES string of the molecule is O=C(NC1CCC(CCN2CCN(c3cccc(C(F)(F)F)c3F)CC2)CC1)C1=COCCC1. The molecule has 2 fully saturated rings. The van der Waals surface area contributed by atoms with Gasteiger partial charge in [0.15, 0.2) is 5.82 Å². The summed E-state index contributed by atoms with van der Waals surface area (Å²) >= 11 is 0. The molecular weight excluding hydrogens is 450 g/mol. The van der Waals surface area contributed by atoms with Crippen LogP contribution in [0.1, 0.15) is 50.5 Å². The summed E-state index contributed by atoms with van der Waals surface area (Å²) in [6, 6.07) is 3.70. The number of halogens is 4. The van der Waals surface area contributed by atoms with Gasteiger partial charge in [-0.25, -0.2) is 4.39 Å². The first-order valence-corrected chi connectivity index (χ1v) is 12.3. The van der Waals surface area contributed by atoms with Crippen LogP contribution in [0.3, 0.4) is 0 Å². The standard InChI is InChI=1S/C25H33F4N3O2/c26-23-21(25(27,28)29)4-1-5-22(23)32-14-12-31(13-15-32)11-10-18-6-8-20(9-7-18)30-24(33)19-3-2-16-34-17-19/h1,4-5,17-18,20H,2-3,6-16H2,(H,30,33). The number of hydrogen-bond donors (Lipinski definition) is 1. The van der Waals surface area contributed by atoms with Crippen LogP contribution in [-0.2, 0) is 15.7 Å². The lowest BCUT2D eigenvalue weighted by atomic mass is 9.84. The van der Waals surface area contributed by atoms with E-state index in [1.54, 1.807) is 11.2 Å². The Morgan fingerprint density at radius 3 is 2.47 bits per heavy atom. The summed E-state index contributed by atoms with van der Waals surface area (Å²) in [5, 5.41) is 3.15. The fraction of sp³-hybridized carbons (Fsp3) is 0.640. The maximum atomic E-state index is 14.4. The molecule has 3 aliphatic rings. The Labute approximate surface area is 198 Å². The third kappa shape index (κ3) is 6.23. The molecule has 0 atom stereocenters. The van der Waals surface area contributed by atoms with Gasteiger partial charge in [0.05, 0.1) is 29.7 Å². The van der Waals surface area contributed by atoms with Crippen molar-refractivity contribution in [3.63, 3.8) is 0 Å². The minimum atomic E-state index is -4.69. The Morgan fingerprint density at radius 1 is 1.09 bits per heavy atom. The van der Waals surface area contributed by atoms with Crippen molar-refractivity contribution in [1.29, 1.82) is 0 Å². The molecule has 1 aromatic carbocycles. The summed E-state index contributed by atoms with van der Waals surface area (Å²) in [6.45, 7) is 4.05. The van der Waals surface area contributed by atoms with E-state index < -0.39 is 17.6 Å². The molecule has 0 radical (unpaired) electrons. The molecule has 188 valence electrons. The highest BCUT2D eigenvalue weighted by Gasteiger charge is 2.36.